The van der Waals surface area contributed by atoms with Gasteiger partial charge in [-0.3, -0.25) is 14.5 Å². The van der Waals surface area contributed by atoms with Crippen molar-refractivity contribution in [3.05, 3.63) is 29.8 Å². The predicted molar refractivity (Wildman–Crippen MR) is 117 cm³/mol. The molecule has 1 atom stereocenters. The van der Waals surface area contributed by atoms with Gasteiger partial charge in [-0.05, 0) is 37.6 Å². The topological polar surface area (TPSA) is 55.9 Å². The van der Waals surface area contributed by atoms with Gasteiger partial charge in [0.1, 0.15) is 0 Å². The van der Waals surface area contributed by atoms with Crippen molar-refractivity contribution in [3.8, 4) is 0 Å². The fraction of sp³-hybridized carbons (Fsp3) is 0.652. The number of piperazine rings is 1. The summed E-state index contributed by atoms with van der Waals surface area (Å²) in [6.07, 6.45) is 1.71. The van der Waals surface area contributed by atoms with Crippen molar-refractivity contribution < 1.29 is 9.59 Å². The van der Waals surface area contributed by atoms with Crippen LogP contribution in [0.1, 0.15) is 39.2 Å². The van der Waals surface area contributed by atoms with Gasteiger partial charge in [-0.25, -0.2) is 0 Å². The van der Waals surface area contributed by atoms with Crippen LogP contribution >= 0.6 is 0 Å². The van der Waals surface area contributed by atoms with Crippen molar-refractivity contribution >= 4 is 17.5 Å². The fourth-order valence-electron chi connectivity index (χ4n) is 4.05. The zero-order valence-electron chi connectivity index (χ0n) is 18.4. The van der Waals surface area contributed by atoms with E-state index in [4.69, 9.17) is 0 Å². The van der Waals surface area contributed by atoms with Gasteiger partial charge in [-0.2, -0.15) is 0 Å². The molecule has 1 aromatic carbocycles. The third kappa shape index (κ3) is 6.03. The monoisotopic (exact) mass is 400 g/mol. The number of hydrogen-bond donors (Lipinski definition) is 1. The lowest BCUT2D eigenvalue weighted by Gasteiger charge is -2.35. The first kappa shape index (κ1) is 21.8. The Balaban J connectivity index is 1.51. The molecule has 0 spiro atoms. The maximum absolute atomic E-state index is 12.8. The van der Waals surface area contributed by atoms with E-state index in [1.54, 1.807) is 0 Å². The molecule has 2 amide bonds. The molecule has 2 heterocycles. The molecule has 1 N–H and O–H groups in total. The highest BCUT2D eigenvalue weighted by atomic mass is 16.2. The van der Waals surface area contributed by atoms with Gasteiger partial charge >= 0.3 is 0 Å². The van der Waals surface area contributed by atoms with Crippen molar-refractivity contribution in [1.82, 2.24) is 14.7 Å². The van der Waals surface area contributed by atoms with Crippen molar-refractivity contribution in [3.63, 3.8) is 0 Å². The number of carbonyl (C=O) groups is 2. The fourth-order valence-corrected chi connectivity index (χ4v) is 4.05. The average Bonchev–Trinajstić information content (AvgIpc) is 2.70. The summed E-state index contributed by atoms with van der Waals surface area (Å²) < 4.78 is 0. The van der Waals surface area contributed by atoms with E-state index in [2.05, 4.69) is 34.3 Å². The third-order valence-electron chi connectivity index (χ3n) is 5.94. The molecule has 160 valence electrons. The van der Waals surface area contributed by atoms with Gasteiger partial charge < -0.3 is 15.1 Å². The number of anilines is 1. The Kier molecular flexibility index (Phi) is 6.96. The second-order valence-electron chi connectivity index (χ2n) is 9.61. The number of amides is 2. The Hall–Kier alpha value is -1.92. The Labute approximate surface area is 175 Å². The molecule has 2 aliphatic heterocycles. The van der Waals surface area contributed by atoms with Crippen molar-refractivity contribution in [2.75, 3.05) is 51.6 Å². The molecule has 0 bridgehead atoms. The number of nitrogens with one attached hydrogen (secondary N) is 1. The van der Waals surface area contributed by atoms with Gasteiger partial charge in [-0.1, -0.05) is 32.9 Å². The van der Waals surface area contributed by atoms with E-state index in [0.717, 1.165) is 57.8 Å². The largest absolute Gasteiger partial charge is 0.341 e. The summed E-state index contributed by atoms with van der Waals surface area (Å²) in [5.41, 5.74) is 1.70. The minimum Gasteiger partial charge on any atom is -0.341 e. The third-order valence-corrected chi connectivity index (χ3v) is 5.94. The lowest BCUT2D eigenvalue weighted by molar-refractivity contribution is -0.142. The first-order valence-electron chi connectivity index (χ1n) is 10.8. The number of hydrogen-bond acceptors (Lipinski definition) is 4. The summed E-state index contributed by atoms with van der Waals surface area (Å²) in [4.78, 5) is 32.0. The van der Waals surface area contributed by atoms with Crippen LogP contribution in [-0.4, -0.2) is 72.8 Å². The molecule has 29 heavy (non-hydrogen) atoms. The van der Waals surface area contributed by atoms with Crippen LogP contribution in [0.5, 0.6) is 0 Å². The van der Waals surface area contributed by atoms with Gasteiger partial charge in [0.2, 0.25) is 11.8 Å². The first-order chi connectivity index (χ1) is 13.7. The summed E-state index contributed by atoms with van der Waals surface area (Å²) in [6.45, 7) is 12.4. The molecule has 6 heteroatoms. The number of likely N-dealkylation sites (N-methyl/N-ethyl adjacent to an activating group) is 1. The lowest BCUT2D eigenvalue weighted by atomic mass is 9.91. The predicted octanol–water partition coefficient (Wildman–Crippen LogP) is 2.66. The number of likely N-dealkylation sites (tertiary alicyclic amines) is 1. The zero-order chi connectivity index (χ0) is 21.0. The SMILES string of the molecule is CN1CCN(Cc2ccc(NC(=O)C3CCCN(C(=O)C(C)(C)C)C3)cc2)CC1. The molecule has 3 rings (SSSR count). The molecule has 6 nitrogen and oxygen atoms in total. The molecule has 1 aromatic rings. The van der Waals surface area contributed by atoms with Gasteiger partial charge in [0.05, 0.1) is 5.92 Å². The summed E-state index contributed by atoms with van der Waals surface area (Å²) in [7, 11) is 2.17. The molecule has 0 aliphatic carbocycles. The van der Waals surface area contributed by atoms with E-state index >= 15 is 0 Å². The molecule has 0 radical (unpaired) electrons. The number of nitrogens with zero attached hydrogens (tertiary/aromatic N) is 3. The highest BCUT2D eigenvalue weighted by Crippen LogP contribution is 2.24. The Morgan fingerprint density at radius 2 is 1.69 bits per heavy atom. The van der Waals surface area contributed by atoms with Crippen LogP contribution < -0.4 is 5.32 Å². The lowest BCUT2D eigenvalue weighted by Crippen LogP contribution is -2.47. The zero-order valence-corrected chi connectivity index (χ0v) is 18.4. The summed E-state index contributed by atoms with van der Waals surface area (Å²) in [6, 6.07) is 8.18. The highest BCUT2D eigenvalue weighted by Gasteiger charge is 2.33. The second-order valence-corrected chi connectivity index (χ2v) is 9.61. The summed E-state index contributed by atoms with van der Waals surface area (Å²) >= 11 is 0. The van der Waals surface area contributed by atoms with E-state index in [1.165, 1.54) is 5.56 Å². The highest BCUT2D eigenvalue weighted by molar-refractivity contribution is 5.93. The summed E-state index contributed by atoms with van der Waals surface area (Å²) in [5.74, 6) is 0.00607. The Bertz CT molecular complexity index is 703. The maximum Gasteiger partial charge on any atom is 0.229 e. The number of piperidine rings is 1. The van der Waals surface area contributed by atoms with Crippen LogP contribution in [0.15, 0.2) is 24.3 Å². The van der Waals surface area contributed by atoms with Crippen LogP contribution in [0.25, 0.3) is 0 Å². The van der Waals surface area contributed by atoms with Crippen LogP contribution in [0.3, 0.4) is 0 Å². The van der Waals surface area contributed by atoms with Gasteiger partial charge in [0, 0.05) is 56.9 Å². The second kappa shape index (κ2) is 9.26. The number of carbonyl (C=O) groups excluding carboxylic acids is 2. The minimum atomic E-state index is -0.405. The van der Waals surface area contributed by atoms with Crippen LogP contribution in [0.4, 0.5) is 5.69 Å². The van der Waals surface area contributed by atoms with Gasteiger partial charge in [0.15, 0.2) is 0 Å². The van der Waals surface area contributed by atoms with Crippen LogP contribution in [-0.2, 0) is 16.1 Å². The number of benzene rings is 1. The van der Waals surface area contributed by atoms with E-state index in [-0.39, 0.29) is 17.7 Å². The summed E-state index contributed by atoms with van der Waals surface area (Å²) in [5, 5.41) is 3.05. The Morgan fingerprint density at radius 3 is 2.31 bits per heavy atom. The van der Waals surface area contributed by atoms with Crippen molar-refractivity contribution in [1.29, 1.82) is 0 Å². The minimum absolute atomic E-state index is 0.0169. The Morgan fingerprint density at radius 1 is 1.03 bits per heavy atom. The molecule has 2 fully saturated rings. The normalized spacial score (nSPS) is 21.8. The van der Waals surface area contributed by atoms with E-state index in [0.29, 0.717) is 6.54 Å². The van der Waals surface area contributed by atoms with Crippen LogP contribution in [0.2, 0.25) is 0 Å². The number of rotatable bonds is 4. The molecular formula is C23H36N4O2. The maximum atomic E-state index is 12.8. The molecule has 0 aromatic heterocycles. The van der Waals surface area contributed by atoms with E-state index in [9.17, 15) is 9.59 Å². The van der Waals surface area contributed by atoms with Crippen molar-refractivity contribution in [2.24, 2.45) is 11.3 Å². The molecule has 2 aliphatic rings. The van der Waals surface area contributed by atoms with Crippen LogP contribution in [0, 0.1) is 11.3 Å². The standard InChI is InChI=1S/C23H36N4O2/c1-23(2,3)22(29)27-11-5-6-19(17-27)21(28)24-20-9-7-18(8-10-20)16-26-14-12-25(4)13-15-26/h7-10,19H,5-6,11-17H2,1-4H3,(H,24,28). The molecule has 1 unspecified atom stereocenters. The quantitative estimate of drug-likeness (QED) is 0.844. The first-order valence-corrected chi connectivity index (χ1v) is 10.8. The van der Waals surface area contributed by atoms with E-state index in [1.807, 2.05) is 37.8 Å². The molecule has 2 saturated heterocycles. The van der Waals surface area contributed by atoms with Crippen molar-refractivity contribution in [2.45, 2.75) is 40.2 Å². The van der Waals surface area contributed by atoms with Gasteiger partial charge in [0.25, 0.3) is 0 Å². The smallest absolute Gasteiger partial charge is 0.229 e. The average molecular weight is 401 g/mol. The van der Waals surface area contributed by atoms with Gasteiger partial charge in [-0.15, -0.1) is 0 Å². The van der Waals surface area contributed by atoms with E-state index < -0.39 is 5.41 Å². The molecular weight excluding hydrogens is 364 g/mol. The molecule has 0 saturated carbocycles.